The molecule has 0 heterocycles. The third-order valence-electron chi connectivity index (χ3n) is 8.83. The number of unbranched alkanes of at least 4 members (excludes halogenated alkanes) is 8. The van der Waals surface area contributed by atoms with E-state index < -0.39 is 26.4 Å². The molecule has 2 aromatic rings. The summed E-state index contributed by atoms with van der Waals surface area (Å²) in [6, 6.07) is 19.1. The van der Waals surface area contributed by atoms with E-state index in [4.69, 9.17) is 9.16 Å². The van der Waals surface area contributed by atoms with Crippen LogP contribution < -0.4 is 4.90 Å². The largest absolute Gasteiger partial charge is 0.467 e. The lowest BCUT2D eigenvalue weighted by atomic mass is 9.97. The molecule has 0 bridgehead atoms. The number of carbonyl (C=O) groups excluding carboxylic acids is 1. The maximum Gasteiger partial charge on any atom is 0.331 e. The lowest BCUT2D eigenvalue weighted by Crippen LogP contribution is -2.52. The number of esters is 1. The Labute approximate surface area is 258 Å². The molecule has 2 rings (SSSR count). The molecule has 0 aliphatic heterocycles. The van der Waals surface area contributed by atoms with Crippen LogP contribution in [0.2, 0.25) is 18.1 Å². The molecule has 2 aromatic carbocycles. The van der Waals surface area contributed by atoms with Gasteiger partial charge in [-0.15, -0.1) is 0 Å². The number of benzene rings is 2. The van der Waals surface area contributed by atoms with Gasteiger partial charge in [0.05, 0.1) is 13.2 Å². The maximum absolute atomic E-state index is 13.4. The highest BCUT2D eigenvalue weighted by Crippen LogP contribution is 2.38. The number of hydrogen-bond donors (Lipinski definition) is 1. The van der Waals surface area contributed by atoms with Gasteiger partial charge in [0.15, 0.2) is 14.4 Å². The molecule has 0 radical (unpaired) electrons. The molecule has 6 heteroatoms. The summed E-state index contributed by atoms with van der Waals surface area (Å²) < 4.78 is 12.2. The number of carbonyl (C=O) groups is 1. The Balaban J connectivity index is 2.22. The van der Waals surface area contributed by atoms with E-state index in [2.05, 4.69) is 40.8 Å². The molecule has 0 saturated carbocycles. The Bertz CT molecular complexity index is 992. The van der Waals surface area contributed by atoms with E-state index in [9.17, 15) is 9.90 Å². The fraction of sp³-hybridized carbons (Fsp3) is 0.639. The van der Waals surface area contributed by atoms with Crippen molar-refractivity contribution in [3.8, 4) is 0 Å². The first kappa shape index (κ1) is 36.0. The van der Waals surface area contributed by atoms with Gasteiger partial charge in [-0.2, -0.15) is 0 Å². The molecular weight excluding hydrogens is 538 g/mol. The van der Waals surface area contributed by atoms with Gasteiger partial charge in [-0.25, -0.2) is 4.79 Å². The predicted octanol–water partition coefficient (Wildman–Crippen LogP) is 9.30. The second kappa shape index (κ2) is 18.5. The van der Waals surface area contributed by atoms with E-state index in [1.54, 1.807) is 0 Å². The molecule has 0 aromatic heterocycles. The summed E-state index contributed by atoms with van der Waals surface area (Å²) in [5, 5.41) is 11.9. The molecule has 0 aliphatic rings. The first-order valence-corrected chi connectivity index (χ1v) is 19.2. The van der Waals surface area contributed by atoms with E-state index in [0.717, 1.165) is 24.1 Å². The predicted molar refractivity (Wildman–Crippen MR) is 179 cm³/mol. The number of methoxy groups -OCH3 is 1. The molecule has 3 atom stereocenters. The van der Waals surface area contributed by atoms with Crippen LogP contribution in [0.1, 0.15) is 104 Å². The van der Waals surface area contributed by atoms with Gasteiger partial charge in [0.1, 0.15) is 0 Å². The molecule has 0 aliphatic carbocycles. The van der Waals surface area contributed by atoms with Gasteiger partial charge in [0, 0.05) is 24.8 Å². The van der Waals surface area contributed by atoms with Gasteiger partial charge >= 0.3 is 5.97 Å². The summed E-state index contributed by atoms with van der Waals surface area (Å²) in [6.07, 6.45) is 11.6. The molecule has 2 unspecified atom stereocenters. The Morgan fingerprint density at radius 2 is 1.38 bits per heavy atom. The molecule has 5 nitrogen and oxygen atoms in total. The van der Waals surface area contributed by atoms with Gasteiger partial charge in [0.25, 0.3) is 0 Å². The first-order valence-electron chi connectivity index (χ1n) is 16.3. The van der Waals surface area contributed by atoms with Crippen molar-refractivity contribution in [2.24, 2.45) is 0 Å². The summed E-state index contributed by atoms with van der Waals surface area (Å²) in [5.74, 6) is -0.434. The number of hydrogen-bond acceptors (Lipinski definition) is 5. The average molecular weight is 598 g/mol. The van der Waals surface area contributed by atoms with Crippen LogP contribution in [-0.2, 0) is 20.5 Å². The van der Waals surface area contributed by atoms with Crippen molar-refractivity contribution in [3.05, 3.63) is 66.2 Å². The Hall–Kier alpha value is -2.15. The number of rotatable bonds is 20. The van der Waals surface area contributed by atoms with Crippen molar-refractivity contribution in [1.29, 1.82) is 0 Å². The lowest BCUT2D eigenvalue weighted by Gasteiger charge is -2.41. The SMILES string of the molecule is CCCCCCCCCCC[C@H](CC(O)C(C(=O)OC)N(Cc1ccccc1)c1ccccc1)O[Si](C)(C)C(C)(C)C. The highest BCUT2D eigenvalue weighted by molar-refractivity contribution is 6.74. The standard InChI is InChI=1S/C36H59NO4Si/c1-8-9-10-11-12-13-14-15-22-27-32(41-42(6,7)36(2,3)4)28-33(38)34(35(39)40-5)37(31-25-20-17-21-26-31)29-30-23-18-16-19-24-30/h16-21,23-26,32-34,38H,8-15,22,27-29H2,1-7H3/t32-,33?,34?/m1/s1. The van der Waals surface area contributed by atoms with Gasteiger partial charge in [-0.3, -0.25) is 0 Å². The van der Waals surface area contributed by atoms with Crippen LogP contribution in [0.3, 0.4) is 0 Å². The summed E-state index contributed by atoms with van der Waals surface area (Å²) in [6.45, 7) is 14.0. The van der Waals surface area contributed by atoms with Crippen LogP contribution in [0.4, 0.5) is 5.69 Å². The third kappa shape index (κ3) is 12.2. The quantitative estimate of drug-likeness (QED) is 0.0936. The Kier molecular flexibility index (Phi) is 15.9. The van der Waals surface area contributed by atoms with Crippen LogP contribution in [0.25, 0.3) is 0 Å². The minimum atomic E-state index is -2.09. The monoisotopic (exact) mass is 597 g/mol. The van der Waals surface area contributed by atoms with Crippen molar-refractivity contribution in [1.82, 2.24) is 0 Å². The minimum absolute atomic E-state index is 0.0554. The number of ether oxygens (including phenoxy) is 1. The lowest BCUT2D eigenvalue weighted by molar-refractivity contribution is -0.145. The maximum atomic E-state index is 13.4. The van der Waals surface area contributed by atoms with E-state index >= 15 is 0 Å². The number of anilines is 1. The Morgan fingerprint density at radius 1 is 0.857 bits per heavy atom. The third-order valence-corrected chi connectivity index (χ3v) is 13.4. The van der Waals surface area contributed by atoms with Crippen molar-refractivity contribution in [2.45, 2.75) is 141 Å². The topological polar surface area (TPSA) is 59.0 Å². The summed E-state index contributed by atoms with van der Waals surface area (Å²) in [7, 11) is -0.690. The summed E-state index contributed by atoms with van der Waals surface area (Å²) in [5.41, 5.74) is 1.93. The normalized spacial score (nSPS) is 14.3. The van der Waals surface area contributed by atoms with Crippen molar-refractivity contribution < 1.29 is 19.1 Å². The summed E-state index contributed by atoms with van der Waals surface area (Å²) >= 11 is 0. The molecule has 1 N–H and O–H groups in total. The zero-order valence-electron chi connectivity index (χ0n) is 27.6. The summed E-state index contributed by atoms with van der Waals surface area (Å²) in [4.78, 5) is 15.3. The van der Waals surface area contributed by atoms with Crippen LogP contribution in [0.15, 0.2) is 60.7 Å². The van der Waals surface area contributed by atoms with Gasteiger partial charge in [0.2, 0.25) is 0 Å². The van der Waals surface area contributed by atoms with E-state index in [0.29, 0.717) is 13.0 Å². The second-order valence-electron chi connectivity index (χ2n) is 13.3. The number of aliphatic hydroxyl groups is 1. The van der Waals surface area contributed by atoms with E-state index in [1.807, 2.05) is 65.6 Å². The van der Waals surface area contributed by atoms with Crippen LogP contribution in [0.5, 0.6) is 0 Å². The first-order chi connectivity index (χ1) is 20.0. The molecule has 0 spiro atoms. The van der Waals surface area contributed by atoms with Crippen LogP contribution in [0, 0.1) is 0 Å². The molecule has 236 valence electrons. The zero-order valence-corrected chi connectivity index (χ0v) is 28.6. The van der Waals surface area contributed by atoms with Gasteiger partial charge in [-0.05, 0) is 42.2 Å². The van der Waals surface area contributed by atoms with Gasteiger partial charge < -0.3 is 19.2 Å². The number of para-hydroxylation sites is 1. The second-order valence-corrected chi connectivity index (χ2v) is 18.1. The minimum Gasteiger partial charge on any atom is -0.467 e. The molecule has 0 saturated heterocycles. The fourth-order valence-corrected chi connectivity index (χ4v) is 6.66. The molecule has 0 amide bonds. The van der Waals surface area contributed by atoms with Crippen LogP contribution in [-0.4, -0.2) is 44.8 Å². The van der Waals surface area contributed by atoms with Crippen molar-refractivity contribution in [2.75, 3.05) is 12.0 Å². The fourth-order valence-electron chi connectivity index (χ4n) is 5.26. The molecule has 0 fully saturated rings. The highest BCUT2D eigenvalue weighted by Gasteiger charge is 2.41. The average Bonchev–Trinajstić information content (AvgIpc) is 2.96. The number of aliphatic hydroxyl groups excluding tert-OH is 1. The van der Waals surface area contributed by atoms with E-state index in [-0.39, 0.29) is 11.1 Å². The van der Waals surface area contributed by atoms with Crippen molar-refractivity contribution >= 4 is 20.0 Å². The smallest absolute Gasteiger partial charge is 0.331 e. The Morgan fingerprint density at radius 3 is 1.90 bits per heavy atom. The van der Waals surface area contributed by atoms with Crippen molar-refractivity contribution in [3.63, 3.8) is 0 Å². The van der Waals surface area contributed by atoms with E-state index in [1.165, 1.54) is 58.5 Å². The number of nitrogens with zero attached hydrogens (tertiary/aromatic N) is 1. The molecular formula is C36H59NO4Si. The highest BCUT2D eigenvalue weighted by atomic mass is 28.4. The molecule has 42 heavy (non-hydrogen) atoms. The van der Waals surface area contributed by atoms with Crippen LogP contribution >= 0.6 is 0 Å². The zero-order chi connectivity index (χ0) is 31.0. The van der Waals surface area contributed by atoms with Gasteiger partial charge in [-0.1, -0.05) is 134 Å².